The van der Waals surface area contributed by atoms with Crippen LogP contribution in [-0.4, -0.2) is 24.5 Å². The minimum Gasteiger partial charge on any atom is -0.466 e. The zero-order valence-electron chi connectivity index (χ0n) is 21.1. The Morgan fingerprint density at radius 3 is 2.32 bits per heavy atom. The number of aryl methyl sites for hydroxylation is 3. The van der Waals surface area contributed by atoms with Crippen molar-refractivity contribution in [2.45, 2.75) is 66.5 Å². The molecule has 0 bridgehead atoms. The summed E-state index contributed by atoms with van der Waals surface area (Å²) in [7, 11) is 0. The lowest BCUT2D eigenvalue weighted by atomic mass is 9.90. The standard InChI is InChI=1S/C28H37FN2O3/c1-8-30-24(13-17(3)4)28(33)31-23(16-25(32)34-9-2)22-15-21(14-20(7)27(22)29)26-18(5)11-10-12-19(26)6/h8,10-12,14-15,17,23-24,30H,1,9,13,16H2,2-7H3,(H,31,33)/t23-,24?/m0/s1. The van der Waals surface area contributed by atoms with Gasteiger partial charge in [0.25, 0.3) is 0 Å². The van der Waals surface area contributed by atoms with Crippen molar-refractivity contribution in [1.82, 2.24) is 10.6 Å². The topological polar surface area (TPSA) is 67.4 Å². The van der Waals surface area contributed by atoms with Gasteiger partial charge in [-0.05, 0) is 86.2 Å². The number of rotatable bonds is 11. The van der Waals surface area contributed by atoms with E-state index < -0.39 is 23.9 Å². The van der Waals surface area contributed by atoms with Gasteiger partial charge in [0.1, 0.15) is 11.9 Å². The summed E-state index contributed by atoms with van der Waals surface area (Å²) in [5.74, 6) is -1.02. The first-order chi connectivity index (χ1) is 16.1. The molecule has 2 N–H and O–H groups in total. The van der Waals surface area contributed by atoms with E-state index in [9.17, 15) is 9.59 Å². The van der Waals surface area contributed by atoms with Crippen molar-refractivity contribution in [3.8, 4) is 11.1 Å². The molecule has 1 unspecified atom stereocenters. The largest absolute Gasteiger partial charge is 0.466 e. The second-order valence-electron chi connectivity index (χ2n) is 9.09. The van der Waals surface area contributed by atoms with E-state index in [2.05, 4.69) is 17.2 Å². The van der Waals surface area contributed by atoms with Gasteiger partial charge in [0.05, 0.1) is 19.1 Å². The predicted molar refractivity (Wildman–Crippen MR) is 135 cm³/mol. The van der Waals surface area contributed by atoms with Gasteiger partial charge in [-0.3, -0.25) is 9.59 Å². The molecule has 2 atom stereocenters. The van der Waals surface area contributed by atoms with Crippen LogP contribution in [0.15, 0.2) is 43.1 Å². The van der Waals surface area contributed by atoms with Crippen LogP contribution in [0.1, 0.15) is 61.9 Å². The molecule has 6 heteroatoms. The molecule has 34 heavy (non-hydrogen) atoms. The minimum atomic E-state index is -0.879. The molecule has 0 spiro atoms. The van der Waals surface area contributed by atoms with Crippen LogP contribution in [0.4, 0.5) is 4.39 Å². The Hall–Kier alpha value is -3.15. The van der Waals surface area contributed by atoms with Crippen LogP contribution in [0.3, 0.4) is 0 Å². The predicted octanol–water partition coefficient (Wildman–Crippen LogP) is 5.68. The molecule has 0 aliphatic rings. The molecule has 0 aliphatic carbocycles. The fraction of sp³-hybridized carbons (Fsp3) is 0.429. The number of hydrogen-bond acceptors (Lipinski definition) is 4. The quantitative estimate of drug-likeness (QED) is 0.417. The first kappa shape index (κ1) is 27.1. The fourth-order valence-electron chi connectivity index (χ4n) is 4.23. The van der Waals surface area contributed by atoms with Gasteiger partial charge in [0.2, 0.25) is 5.91 Å². The second kappa shape index (κ2) is 12.4. The normalized spacial score (nSPS) is 12.7. The first-order valence-electron chi connectivity index (χ1n) is 11.8. The third kappa shape index (κ3) is 6.92. The third-order valence-corrected chi connectivity index (χ3v) is 5.76. The first-order valence-corrected chi connectivity index (χ1v) is 11.8. The average molecular weight is 469 g/mol. The Labute approximate surface area is 202 Å². The van der Waals surface area contributed by atoms with Gasteiger partial charge in [-0.25, -0.2) is 4.39 Å². The minimum absolute atomic E-state index is 0.172. The summed E-state index contributed by atoms with van der Waals surface area (Å²) in [5.41, 5.74) is 4.70. The van der Waals surface area contributed by atoms with Crippen molar-refractivity contribution >= 4 is 11.9 Å². The molecule has 5 nitrogen and oxygen atoms in total. The summed E-state index contributed by atoms with van der Waals surface area (Å²) >= 11 is 0. The summed E-state index contributed by atoms with van der Waals surface area (Å²) in [4.78, 5) is 25.6. The van der Waals surface area contributed by atoms with Crippen LogP contribution in [0, 0.1) is 32.5 Å². The zero-order chi connectivity index (χ0) is 25.4. The van der Waals surface area contributed by atoms with Crippen molar-refractivity contribution in [1.29, 1.82) is 0 Å². The van der Waals surface area contributed by atoms with E-state index in [0.29, 0.717) is 12.0 Å². The Kier molecular flexibility index (Phi) is 9.84. The van der Waals surface area contributed by atoms with Crippen LogP contribution in [0.2, 0.25) is 0 Å². The maximum atomic E-state index is 15.5. The molecule has 0 aliphatic heterocycles. The highest BCUT2D eigenvalue weighted by Crippen LogP contribution is 2.33. The number of hydrogen-bond donors (Lipinski definition) is 2. The van der Waals surface area contributed by atoms with Crippen molar-refractivity contribution in [3.63, 3.8) is 0 Å². The molecule has 0 saturated carbocycles. The molecule has 2 aromatic rings. The highest BCUT2D eigenvalue weighted by atomic mass is 19.1. The van der Waals surface area contributed by atoms with E-state index in [-0.39, 0.29) is 30.4 Å². The van der Waals surface area contributed by atoms with Gasteiger partial charge >= 0.3 is 5.97 Å². The Bertz CT molecular complexity index is 1010. The zero-order valence-corrected chi connectivity index (χ0v) is 21.1. The van der Waals surface area contributed by atoms with Crippen LogP contribution < -0.4 is 10.6 Å². The number of esters is 1. The fourth-order valence-corrected chi connectivity index (χ4v) is 4.23. The number of benzene rings is 2. The van der Waals surface area contributed by atoms with E-state index in [1.54, 1.807) is 26.0 Å². The molecule has 0 fully saturated rings. The number of nitrogens with one attached hydrogen (secondary N) is 2. The molecular formula is C28H37FN2O3. The Morgan fingerprint density at radius 2 is 1.76 bits per heavy atom. The smallest absolute Gasteiger partial charge is 0.308 e. The summed E-state index contributed by atoms with van der Waals surface area (Å²) in [6, 6.07) is 8.12. The van der Waals surface area contributed by atoms with E-state index in [0.717, 1.165) is 22.3 Å². The Morgan fingerprint density at radius 1 is 1.12 bits per heavy atom. The van der Waals surface area contributed by atoms with E-state index in [1.165, 1.54) is 6.20 Å². The average Bonchev–Trinajstić information content (AvgIpc) is 2.75. The van der Waals surface area contributed by atoms with Crippen LogP contribution in [0.25, 0.3) is 11.1 Å². The summed E-state index contributed by atoms with van der Waals surface area (Å²) in [6.45, 7) is 15.3. The molecule has 0 saturated heterocycles. The maximum Gasteiger partial charge on any atom is 0.308 e. The molecule has 2 rings (SSSR count). The number of halogens is 1. The number of amides is 1. The SMILES string of the molecule is C=CNC(CC(C)C)C(=O)N[C@@H](CC(=O)OCC)c1cc(-c2c(C)cccc2C)cc(C)c1F. The lowest BCUT2D eigenvalue weighted by Crippen LogP contribution is -2.45. The summed E-state index contributed by atoms with van der Waals surface area (Å²) < 4.78 is 20.6. The van der Waals surface area contributed by atoms with Gasteiger partial charge in [-0.1, -0.05) is 38.6 Å². The second-order valence-corrected chi connectivity index (χ2v) is 9.09. The molecule has 184 valence electrons. The summed E-state index contributed by atoms with van der Waals surface area (Å²) in [6.07, 6.45) is 1.86. The number of ether oxygens (including phenoxy) is 1. The van der Waals surface area contributed by atoms with Crippen LogP contribution >= 0.6 is 0 Å². The molecule has 0 radical (unpaired) electrons. The van der Waals surface area contributed by atoms with Gasteiger partial charge < -0.3 is 15.4 Å². The van der Waals surface area contributed by atoms with E-state index in [1.807, 2.05) is 45.9 Å². The molecule has 0 aromatic heterocycles. The molecule has 0 heterocycles. The number of carbonyl (C=O) groups is 2. The van der Waals surface area contributed by atoms with Crippen molar-refractivity contribution in [2.24, 2.45) is 5.92 Å². The lowest BCUT2D eigenvalue weighted by Gasteiger charge is -2.25. The number of carbonyl (C=O) groups excluding carboxylic acids is 2. The highest BCUT2D eigenvalue weighted by Gasteiger charge is 2.27. The monoisotopic (exact) mass is 468 g/mol. The summed E-state index contributed by atoms with van der Waals surface area (Å²) in [5, 5.41) is 5.87. The van der Waals surface area contributed by atoms with E-state index in [4.69, 9.17) is 4.74 Å². The van der Waals surface area contributed by atoms with Gasteiger partial charge in [-0.2, -0.15) is 0 Å². The van der Waals surface area contributed by atoms with Gasteiger partial charge in [0, 0.05) is 5.56 Å². The van der Waals surface area contributed by atoms with Crippen molar-refractivity contribution < 1.29 is 18.7 Å². The molecule has 1 amide bonds. The molecule has 2 aromatic carbocycles. The van der Waals surface area contributed by atoms with Crippen LogP contribution in [-0.2, 0) is 14.3 Å². The third-order valence-electron chi connectivity index (χ3n) is 5.76. The van der Waals surface area contributed by atoms with Crippen molar-refractivity contribution in [2.75, 3.05) is 6.61 Å². The van der Waals surface area contributed by atoms with Gasteiger partial charge in [-0.15, -0.1) is 0 Å². The van der Waals surface area contributed by atoms with Crippen molar-refractivity contribution in [3.05, 3.63) is 71.2 Å². The highest BCUT2D eigenvalue weighted by molar-refractivity contribution is 5.83. The lowest BCUT2D eigenvalue weighted by molar-refractivity contribution is -0.143. The van der Waals surface area contributed by atoms with E-state index >= 15 is 4.39 Å². The maximum absolute atomic E-state index is 15.5. The molecular weight excluding hydrogens is 431 g/mol. The Balaban J connectivity index is 2.55. The van der Waals surface area contributed by atoms with Gasteiger partial charge in [0.15, 0.2) is 0 Å². The van der Waals surface area contributed by atoms with Crippen LogP contribution in [0.5, 0.6) is 0 Å².